The Bertz CT molecular complexity index is 586. The number of benzene rings is 1. The lowest BCUT2D eigenvalue weighted by atomic mass is 10.0. The van der Waals surface area contributed by atoms with E-state index in [1.54, 1.807) is 0 Å². The van der Waals surface area contributed by atoms with Crippen molar-refractivity contribution in [3.8, 4) is 0 Å². The van der Waals surface area contributed by atoms with Crippen molar-refractivity contribution in [3.05, 3.63) is 47.0 Å². The maximum Gasteiger partial charge on any atom is 0.321 e. The molecule has 0 saturated carbocycles. The number of carbonyl (C=O) groups is 1. The summed E-state index contributed by atoms with van der Waals surface area (Å²) in [6, 6.07) is 9.36. The molecule has 1 aromatic carbocycles. The van der Waals surface area contributed by atoms with Crippen LogP contribution in [-0.4, -0.2) is 22.7 Å². The molecule has 1 heterocycles. The third-order valence-electron chi connectivity index (χ3n) is 3.29. The molecule has 0 radical (unpaired) electrons. The SMILES string of the molecule is CCc1csc(NC(=O)N[C@H](CCCO)c2ccccc2)n1. The first kappa shape index (κ1) is 16.5. The number of anilines is 1. The van der Waals surface area contributed by atoms with Crippen molar-refractivity contribution >= 4 is 22.5 Å². The van der Waals surface area contributed by atoms with E-state index in [2.05, 4.69) is 15.6 Å². The number of urea groups is 1. The molecule has 0 spiro atoms. The Balaban J connectivity index is 1.98. The number of carbonyl (C=O) groups excluding carboxylic acids is 1. The number of amides is 2. The van der Waals surface area contributed by atoms with Crippen LogP contribution < -0.4 is 10.6 Å². The summed E-state index contributed by atoms with van der Waals surface area (Å²) in [6.45, 7) is 2.14. The molecule has 5 nitrogen and oxygen atoms in total. The number of aromatic nitrogens is 1. The summed E-state index contributed by atoms with van der Waals surface area (Å²) >= 11 is 1.42. The zero-order valence-corrected chi connectivity index (χ0v) is 13.4. The molecule has 2 aromatic rings. The second-order valence-corrected chi connectivity index (χ2v) is 5.78. The van der Waals surface area contributed by atoms with E-state index in [4.69, 9.17) is 5.11 Å². The molecule has 0 saturated heterocycles. The van der Waals surface area contributed by atoms with Gasteiger partial charge in [0.2, 0.25) is 0 Å². The summed E-state index contributed by atoms with van der Waals surface area (Å²) in [4.78, 5) is 16.5. The van der Waals surface area contributed by atoms with Gasteiger partial charge in [0.15, 0.2) is 5.13 Å². The number of hydrogen-bond acceptors (Lipinski definition) is 4. The van der Waals surface area contributed by atoms with Gasteiger partial charge in [0.05, 0.1) is 11.7 Å². The monoisotopic (exact) mass is 319 g/mol. The van der Waals surface area contributed by atoms with E-state index in [1.807, 2.05) is 42.6 Å². The number of aliphatic hydroxyl groups is 1. The Hall–Kier alpha value is -1.92. The summed E-state index contributed by atoms with van der Waals surface area (Å²) in [5, 5.41) is 17.3. The van der Waals surface area contributed by atoms with Gasteiger partial charge in [0, 0.05) is 12.0 Å². The standard InChI is InChI=1S/C16H21N3O2S/c1-2-13-11-22-16(17-13)19-15(21)18-14(9-6-10-20)12-7-4-3-5-8-12/h3-5,7-8,11,14,20H,2,6,9-10H2,1H3,(H2,17,18,19,21)/t14-/m1/s1. The highest BCUT2D eigenvalue weighted by molar-refractivity contribution is 7.13. The maximum atomic E-state index is 12.1. The number of rotatable bonds is 7. The highest BCUT2D eigenvalue weighted by Crippen LogP contribution is 2.19. The minimum Gasteiger partial charge on any atom is -0.396 e. The van der Waals surface area contributed by atoms with Crippen molar-refractivity contribution in [1.29, 1.82) is 0 Å². The third-order valence-corrected chi connectivity index (χ3v) is 4.10. The lowest BCUT2D eigenvalue weighted by Crippen LogP contribution is -2.32. The molecule has 0 aliphatic heterocycles. The molecule has 0 aliphatic carbocycles. The summed E-state index contributed by atoms with van der Waals surface area (Å²) in [6.07, 6.45) is 2.17. The first-order valence-corrected chi connectivity index (χ1v) is 8.28. The van der Waals surface area contributed by atoms with Crippen molar-refractivity contribution in [2.24, 2.45) is 0 Å². The molecule has 0 aliphatic rings. The fourth-order valence-electron chi connectivity index (χ4n) is 2.12. The predicted octanol–water partition coefficient (Wildman–Crippen LogP) is 3.34. The zero-order chi connectivity index (χ0) is 15.8. The molecule has 3 N–H and O–H groups in total. The van der Waals surface area contributed by atoms with E-state index >= 15 is 0 Å². The van der Waals surface area contributed by atoms with Crippen LogP contribution in [0.2, 0.25) is 0 Å². The van der Waals surface area contributed by atoms with Crippen molar-refractivity contribution in [1.82, 2.24) is 10.3 Å². The van der Waals surface area contributed by atoms with Gasteiger partial charge in [-0.3, -0.25) is 5.32 Å². The van der Waals surface area contributed by atoms with E-state index in [1.165, 1.54) is 11.3 Å². The predicted molar refractivity (Wildman–Crippen MR) is 89.1 cm³/mol. The summed E-state index contributed by atoms with van der Waals surface area (Å²) < 4.78 is 0. The van der Waals surface area contributed by atoms with Gasteiger partial charge in [-0.25, -0.2) is 9.78 Å². The van der Waals surface area contributed by atoms with E-state index in [0.717, 1.165) is 17.7 Å². The van der Waals surface area contributed by atoms with Gasteiger partial charge in [-0.05, 0) is 24.8 Å². The molecule has 22 heavy (non-hydrogen) atoms. The third kappa shape index (κ3) is 4.82. The zero-order valence-electron chi connectivity index (χ0n) is 12.6. The van der Waals surface area contributed by atoms with Crippen LogP contribution in [-0.2, 0) is 6.42 Å². The largest absolute Gasteiger partial charge is 0.396 e. The van der Waals surface area contributed by atoms with E-state index in [0.29, 0.717) is 18.0 Å². The second-order valence-electron chi connectivity index (χ2n) is 4.93. The van der Waals surface area contributed by atoms with Crippen molar-refractivity contribution in [2.45, 2.75) is 32.2 Å². The minimum atomic E-state index is -0.274. The Labute approximate surface area is 134 Å². The molecule has 1 atom stereocenters. The van der Waals surface area contributed by atoms with Gasteiger partial charge in [0.1, 0.15) is 0 Å². The first-order chi connectivity index (χ1) is 10.7. The van der Waals surface area contributed by atoms with Crippen molar-refractivity contribution in [3.63, 3.8) is 0 Å². The van der Waals surface area contributed by atoms with Crippen molar-refractivity contribution in [2.75, 3.05) is 11.9 Å². The molecule has 6 heteroatoms. The molecule has 0 unspecified atom stereocenters. The van der Waals surface area contributed by atoms with Crippen LogP contribution in [0.1, 0.15) is 37.1 Å². The molecule has 1 aromatic heterocycles. The van der Waals surface area contributed by atoms with Crippen LogP contribution in [0, 0.1) is 0 Å². The summed E-state index contributed by atoms with van der Waals surface area (Å²) in [5.74, 6) is 0. The second kappa shape index (κ2) is 8.51. The van der Waals surface area contributed by atoms with Gasteiger partial charge >= 0.3 is 6.03 Å². The van der Waals surface area contributed by atoms with Crippen LogP contribution in [0.15, 0.2) is 35.7 Å². The average molecular weight is 319 g/mol. The Morgan fingerprint density at radius 1 is 1.36 bits per heavy atom. The van der Waals surface area contributed by atoms with Crippen LogP contribution in [0.3, 0.4) is 0 Å². The molecular weight excluding hydrogens is 298 g/mol. The molecule has 2 rings (SSSR count). The molecule has 2 amide bonds. The molecule has 0 fully saturated rings. The highest BCUT2D eigenvalue weighted by Gasteiger charge is 2.15. The van der Waals surface area contributed by atoms with E-state index < -0.39 is 0 Å². The first-order valence-electron chi connectivity index (χ1n) is 7.40. The molecule has 0 bridgehead atoms. The maximum absolute atomic E-state index is 12.1. The fraction of sp³-hybridized carbons (Fsp3) is 0.375. The van der Waals surface area contributed by atoms with Crippen LogP contribution in [0.4, 0.5) is 9.93 Å². The summed E-state index contributed by atoms with van der Waals surface area (Å²) in [5.41, 5.74) is 2.00. The van der Waals surface area contributed by atoms with Gasteiger partial charge in [-0.2, -0.15) is 0 Å². The quantitative estimate of drug-likeness (QED) is 0.733. The van der Waals surface area contributed by atoms with Gasteiger partial charge in [-0.15, -0.1) is 11.3 Å². The Morgan fingerprint density at radius 3 is 2.77 bits per heavy atom. The number of aliphatic hydroxyl groups excluding tert-OH is 1. The number of aryl methyl sites for hydroxylation is 1. The lowest BCUT2D eigenvalue weighted by molar-refractivity contribution is 0.244. The lowest BCUT2D eigenvalue weighted by Gasteiger charge is -2.18. The number of hydrogen-bond donors (Lipinski definition) is 3. The van der Waals surface area contributed by atoms with E-state index in [9.17, 15) is 4.79 Å². The molecule has 118 valence electrons. The van der Waals surface area contributed by atoms with Crippen LogP contribution in [0.25, 0.3) is 0 Å². The minimum absolute atomic E-state index is 0.110. The number of nitrogens with zero attached hydrogens (tertiary/aromatic N) is 1. The average Bonchev–Trinajstić information content (AvgIpc) is 2.99. The Kier molecular flexibility index (Phi) is 6.36. The van der Waals surface area contributed by atoms with Crippen LogP contribution in [0.5, 0.6) is 0 Å². The van der Waals surface area contributed by atoms with E-state index in [-0.39, 0.29) is 18.7 Å². The Morgan fingerprint density at radius 2 is 2.14 bits per heavy atom. The highest BCUT2D eigenvalue weighted by atomic mass is 32.1. The van der Waals surface area contributed by atoms with Gasteiger partial charge in [0.25, 0.3) is 0 Å². The normalized spacial score (nSPS) is 11.9. The topological polar surface area (TPSA) is 74.2 Å². The number of nitrogens with one attached hydrogen (secondary N) is 2. The smallest absolute Gasteiger partial charge is 0.321 e. The van der Waals surface area contributed by atoms with Crippen LogP contribution >= 0.6 is 11.3 Å². The van der Waals surface area contributed by atoms with Gasteiger partial charge < -0.3 is 10.4 Å². The summed E-state index contributed by atoms with van der Waals surface area (Å²) in [7, 11) is 0. The number of thiazole rings is 1. The fourth-order valence-corrected chi connectivity index (χ4v) is 2.91. The molecular formula is C16H21N3O2S. The van der Waals surface area contributed by atoms with Gasteiger partial charge in [-0.1, -0.05) is 37.3 Å². The van der Waals surface area contributed by atoms with Crippen molar-refractivity contribution < 1.29 is 9.90 Å².